The van der Waals surface area contributed by atoms with Crippen molar-refractivity contribution >= 4 is 17.4 Å². The molecule has 0 saturated heterocycles. The number of rotatable bonds is 9. The number of nitrogens with zero attached hydrogens (tertiary/aromatic N) is 7. The van der Waals surface area contributed by atoms with Crippen molar-refractivity contribution in [2.75, 3.05) is 5.73 Å². The first-order valence-corrected chi connectivity index (χ1v) is 12.9. The van der Waals surface area contributed by atoms with Gasteiger partial charge >= 0.3 is 0 Å². The number of anilines is 1. The summed E-state index contributed by atoms with van der Waals surface area (Å²) in [5.41, 5.74) is 10.5. The Bertz CT molecular complexity index is 1460. The maximum atomic E-state index is 13.0. The third-order valence-electron chi connectivity index (χ3n) is 6.92. The molecule has 4 N–H and O–H groups in total. The Labute approximate surface area is 220 Å². The van der Waals surface area contributed by atoms with Gasteiger partial charge in [0.15, 0.2) is 5.65 Å². The number of amides is 1. The van der Waals surface area contributed by atoms with Gasteiger partial charge in [-0.2, -0.15) is 9.61 Å². The molecular weight excluding hydrogens is 482 g/mol. The number of hydrogen-bond donors (Lipinski definition) is 3. The van der Waals surface area contributed by atoms with Crippen molar-refractivity contribution in [2.45, 2.75) is 70.9 Å². The van der Waals surface area contributed by atoms with Gasteiger partial charge in [0.05, 0.1) is 17.6 Å². The number of nitrogen functional groups attached to an aromatic ring is 1. The monoisotopic (exact) mass is 515 g/mol. The van der Waals surface area contributed by atoms with Crippen molar-refractivity contribution in [3.63, 3.8) is 0 Å². The van der Waals surface area contributed by atoms with Crippen LogP contribution in [0.1, 0.15) is 80.4 Å². The van der Waals surface area contributed by atoms with E-state index in [4.69, 9.17) is 10.7 Å². The van der Waals surface area contributed by atoms with Crippen LogP contribution >= 0.6 is 0 Å². The van der Waals surface area contributed by atoms with Gasteiger partial charge in [-0.3, -0.25) is 9.78 Å². The number of aromatic nitrogens is 7. The van der Waals surface area contributed by atoms with Crippen molar-refractivity contribution < 1.29 is 9.90 Å². The number of fused-ring (bicyclic) bond motifs is 1. The second kappa shape index (κ2) is 9.97. The average molecular weight is 516 g/mol. The van der Waals surface area contributed by atoms with E-state index in [0.29, 0.717) is 35.9 Å². The second-order valence-corrected chi connectivity index (χ2v) is 10.3. The molecule has 5 rings (SSSR count). The molecule has 0 unspecified atom stereocenters. The quantitative estimate of drug-likeness (QED) is 0.306. The summed E-state index contributed by atoms with van der Waals surface area (Å²) >= 11 is 0. The van der Waals surface area contributed by atoms with Crippen LogP contribution in [0.15, 0.2) is 43.1 Å². The highest BCUT2D eigenvalue weighted by Gasteiger charge is 2.32. The van der Waals surface area contributed by atoms with E-state index in [0.717, 1.165) is 35.2 Å². The summed E-state index contributed by atoms with van der Waals surface area (Å²) in [5.74, 6) is 0.944. The first-order valence-electron chi connectivity index (χ1n) is 12.9. The fourth-order valence-corrected chi connectivity index (χ4v) is 4.69. The molecule has 0 aromatic carbocycles. The largest absolute Gasteiger partial charge is 0.384 e. The number of aromatic amines is 1. The number of allylic oxidation sites excluding steroid dienone is 1. The number of H-pyrrole nitrogens is 1. The Morgan fingerprint density at radius 3 is 2.74 bits per heavy atom. The first-order chi connectivity index (χ1) is 18.2. The zero-order valence-electron chi connectivity index (χ0n) is 22.1. The molecule has 38 heavy (non-hydrogen) atoms. The highest BCUT2D eigenvalue weighted by atomic mass is 16.3. The minimum absolute atomic E-state index is 0.113. The van der Waals surface area contributed by atoms with E-state index < -0.39 is 5.60 Å². The Morgan fingerprint density at radius 1 is 1.34 bits per heavy atom. The van der Waals surface area contributed by atoms with Gasteiger partial charge in [-0.05, 0) is 65.4 Å². The van der Waals surface area contributed by atoms with Gasteiger partial charge in [-0.1, -0.05) is 12.1 Å². The van der Waals surface area contributed by atoms with E-state index in [1.165, 1.54) is 6.33 Å². The summed E-state index contributed by atoms with van der Waals surface area (Å²) in [6.45, 7) is 7.29. The molecule has 4 aromatic heterocycles. The van der Waals surface area contributed by atoms with Crippen LogP contribution in [0.4, 0.5) is 5.82 Å². The predicted molar refractivity (Wildman–Crippen MR) is 143 cm³/mol. The van der Waals surface area contributed by atoms with Crippen LogP contribution in [0.3, 0.4) is 0 Å². The Hall–Kier alpha value is -4.12. The van der Waals surface area contributed by atoms with Crippen molar-refractivity contribution in [1.29, 1.82) is 0 Å². The lowest BCUT2D eigenvalue weighted by molar-refractivity contribution is 0.0737. The van der Waals surface area contributed by atoms with Crippen LogP contribution in [0.25, 0.3) is 16.8 Å². The Balaban J connectivity index is 1.46. The van der Waals surface area contributed by atoms with Crippen LogP contribution in [-0.2, 0) is 12.0 Å². The van der Waals surface area contributed by atoms with Crippen molar-refractivity contribution in [2.24, 2.45) is 0 Å². The fraction of sp³-hybridized carbons (Fsp3) is 0.407. The molecular formula is C27H33N9O2. The number of nitrogens with one attached hydrogen (secondary N) is 1. The lowest BCUT2D eigenvalue weighted by Crippen LogP contribution is -2.35. The number of pyridine rings is 1. The molecule has 0 spiro atoms. The van der Waals surface area contributed by atoms with E-state index in [2.05, 4.69) is 25.3 Å². The minimum atomic E-state index is -1.03. The molecule has 1 aliphatic carbocycles. The highest BCUT2D eigenvalue weighted by molar-refractivity contribution is 5.91. The number of carbonyl (C=O) groups is 1. The summed E-state index contributed by atoms with van der Waals surface area (Å²) in [4.78, 5) is 27.0. The van der Waals surface area contributed by atoms with Gasteiger partial charge in [0.1, 0.15) is 17.7 Å². The molecule has 1 aliphatic rings. The lowest BCUT2D eigenvalue weighted by Gasteiger charge is -2.25. The van der Waals surface area contributed by atoms with Crippen LogP contribution in [-0.4, -0.2) is 56.7 Å². The number of nitrogens with two attached hydrogens (primary N) is 1. The van der Waals surface area contributed by atoms with E-state index in [1.54, 1.807) is 41.9 Å². The molecule has 11 heteroatoms. The summed E-state index contributed by atoms with van der Waals surface area (Å²) in [7, 11) is 0. The van der Waals surface area contributed by atoms with Gasteiger partial charge < -0.3 is 20.7 Å². The van der Waals surface area contributed by atoms with Gasteiger partial charge in [0, 0.05) is 35.1 Å². The molecule has 4 aromatic rings. The van der Waals surface area contributed by atoms with Gasteiger partial charge in [-0.25, -0.2) is 4.98 Å². The molecule has 11 nitrogen and oxygen atoms in total. The molecule has 4 heterocycles. The number of aliphatic hydroxyl groups is 1. The van der Waals surface area contributed by atoms with E-state index in [1.807, 2.05) is 32.1 Å². The third-order valence-corrected chi connectivity index (χ3v) is 6.92. The summed E-state index contributed by atoms with van der Waals surface area (Å²) in [6.07, 6.45) is 11.9. The van der Waals surface area contributed by atoms with Gasteiger partial charge in [0.2, 0.25) is 5.82 Å². The molecule has 1 amide bonds. The molecule has 0 radical (unpaired) electrons. The van der Waals surface area contributed by atoms with Crippen LogP contribution in [0.2, 0.25) is 0 Å². The molecule has 0 aliphatic heterocycles. The molecule has 198 valence electrons. The summed E-state index contributed by atoms with van der Waals surface area (Å²) < 4.78 is 1.71. The van der Waals surface area contributed by atoms with E-state index >= 15 is 0 Å². The summed E-state index contributed by atoms with van der Waals surface area (Å²) in [5, 5.41) is 22.4. The maximum absolute atomic E-state index is 13.0. The van der Waals surface area contributed by atoms with Crippen molar-refractivity contribution in [3.05, 3.63) is 65.9 Å². The van der Waals surface area contributed by atoms with Gasteiger partial charge in [-0.15, -0.1) is 10.2 Å². The topological polar surface area (TPSA) is 151 Å². The second-order valence-electron chi connectivity index (χ2n) is 10.3. The first kappa shape index (κ1) is 25.5. The Morgan fingerprint density at radius 2 is 2.13 bits per heavy atom. The van der Waals surface area contributed by atoms with Crippen LogP contribution in [0, 0.1) is 0 Å². The molecule has 0 bridgehead atoms. The smallest absolute Gasteiger partial charge is 0.295 e. The predicted octanol–water partition coefficient (Wildman–Crippen LogP) is 3.59. The summed E-state index contributed by atoms with van der Waals surface area (Å²) in [6, 6.07) is 3.61. The number of aryl methyl sites for hydroxylation is 1. The molecule has 1 atom stereocenters. The molecule has 1 saturated carbocycles. The normalized spacial score (nSPS) is 14.9. The van der Waals surface area contributed by atoms with Crippen molar-refractivity contribution in [3.8, 4) is 11.1 Å². The van der Waals surface area contributed by atoms with Crippen LogP contribution < -0.4 is 5.73 Å². The zero-order valence-corrected chi connectivity index (χ0v) is 22.1. The SMILES string of the molecule is C/C=C\N(C(=O)c1nnc[nH]1)[C@H](C)CCc1nc2c(-c3ccc(C(C)(C)O)nc3)cnn2c(N)c1C1CC1. The zero-order chi connectivity index (χ0) is 27.0. The highest BCUT2D eigenvalue weighted by Crippen LogP contribution is 2.45. The minimum Gasteiger partial charge on any atom is -0.384 e. The fourth-order valence-electron chi connectivity index (χ4n) is 4.69. The number of carbonyl (C=O) groups excluding carboxylic acids is 1. The maximum Gasteiger partial charge on any atom is 0.295 e. The van der Waals surface area contributed by atoms with E-state index in [9.17, 15) is 9.90 Å². The standard InChI is InChI=1S/C27H33N9O2/c1-5-12-35(26(37)24-30-15-31-34-24)16(2)6-10-20-22(17-7-8-17)23(28)36-25(33-20)19(14-32-36)18-9-11-21(29-13-18)27(3,4)38/h5,9,11-17,38H,6-8,10,28H2,1-4H3,(H,30,31,34)/b12-5-/t16-/m1/s1. The van der Waals surface area contributed by atoms with Gasteiger partial charge in [0.25, 0.3) is 5.91 Å². The average Bonchev–Trinajstić information content (AvgIpc) is 3.38. The third kappa shape index (κ3) is 4.89. The molecule has 1 fully saturated rings. The van der Waals surface area contributed by atoms with Crippen LogP contribution in [0.5, 0.6) is 0 Å². The number of hydrogen-bond acceptors (Lipinski definition) is 8. The van der Waals surface area contributed by atoms with Crippen molar-refractivity contribution in [1.82, 2.24) is 39.7 Å². The Kier molecular flexibility index (Phi) is 6.70. The van der Waals surface area contributed by atoms with E-state index in [-0.39, 0.29) is 17.8 Å². The lowest BCUT2D eigenvalue weighted by atomic mass is 10.0.